The molecule has 4 nitrogen and oxygen atoms in total. The number of nitrogens with zero attached hydrogens (tertiary/aromatic N) is 1. The van der Waals surface area contributed by atoms with Crippen LogP contribution in [0.25, 0.3) is 0 Å². The summed E-state index contributed by atoms with van der Waals surface area (Å²) >= 11 is 0. The van der Waals surface area contributed by atoms with Crippen LogP contribution in [0.2, 0.25) is 0 Å². The average Bonchev–Trinajstić information content (AvgIpc) is 2.07. The molecule has 1 saturated heterocycles. The molecule has 0 saturated carbocycles. The van der Waals surface area contributed by atoms with Gasteiger partial charge in [0.15, 0.2) is 5.78 Å². The van der Waals surface area contributed by atoms with E-state index >= 15 is 0 Å². The summed E-state index contributed by atoms with van der Waals surface area (Å²) in [5, 5.41) is 3.15. The molecule has 1 rings (SSSR count). The van der Waals surface area contributed by atoms with Gasteiger partial charge in [-0.3, -0.25) is 14.5 Å². The quantitative estimate of drug-likeness (QED) is 0.548. The Morgan fingerprint density at radius 3 is 2.50 bits per heavy atom. The van der Waals surface area contributed by atoms with Crippen molar-refractivity contribution in [3.05, 3.63) is 0 Å². The van der Waals surface area contributed by atoms with E-state index in [9.17, 15) is 9.59 Å². The van der Waals surface area contributed by atoms with E-state index in [4.69, 9.17) is 0 Å². The zero-order chi connectivity index (χ0) is 8.97. The highest BCUT2D eigenvalue weighted by molar-refractivity contribution is 5.95. The lowest BCUT2D eigenvalue weighted by molar-refractivity contribution is -0.120. The van der Waals surface area contributed by atoms with E-state index in [1.54, 1.807) is 6.29 Å². The summed E-state index contributed by atoms with van der Waals surface area (Å²) in [6.45, 7) is 4.60. The summed E-state index contributed by atoms with van der Waals surface area (Å²) < 4.78 is 0. The maximum atomic E-state index is 10.9. The molecule has 0 aromatic carbocycles. The third-order valence-corrected chi connectivity index (χ3v) is 2.01. The highest BCUT2D eigenvalue weighted by Crippen LogP contribution is 1.99. The third kappa shape index (κ3) is 2.12. The first kappa shape index (κ1) is 9.35. The molecular weight excluding hydrogens is 156 g/mol. The molecular formula is C8H13N2O2. The van der Waals surface area contributed by atoms with E-state index in [0.717, 1.165) is 26.2 Å². The third-order valence-electron chi connectivity index (χ3n) is 2.01. The molecule has 1 atom stereocenters. The van der Waals surface area contributed by atoms with E-state index in [-0.39, 0.29) is 5.78 Å². The van der Waals surface area contributed by atoms with E-state index in [1.807, 2.05) is 4.90 Å². The van der Waals surface area contributed by atoms with Crippen LogP contribution in [-0.4, -0.2) is 49.2 Å². The van der Waals surface area contributed by atoms with Crippen molar-refractivity contribution in [1.82, 2.24) is 10.2 Å². The number of carbonyl (C=O) groups excluding carboxylic acids is 2. The van der Waals surface area contributed by atoms with Gasteiger partial charge in [-0.1, -0.05) is 0 Å². The van der Waals surface area contributed by atoms with Gasteiger partial charge >= 0.3 is 0 Å². The predicted molar refractivity (Wildman–Crippen MR) is 44.6 cm³/mol. The predicted octanol–water partition coefficient (Wildman–Crippen LogP) is -1.04. The molecule has 1 unspecified atom stereocenters. The maximum Gasteiger partial charge on any atom is 0.225 e. The van der Waals surface area contributed by atoms with E-state index in [2.05, 4.69) is 5.32 Å². The van der Waals surface area contributed by atoms with Gasteiger partial charge in [0, 0.05) is 26.2 Å². The fourth-order valence-corrected chi connectivity index (χ4v) is 1.35. The molecule has 1 heterocycles. The molecule has 1 radical (unpaired) electrons. The Morgan fingerprint density at radius 2 is 2.08 bits per heavy atom. The largest absolute Gasteiger partial charge is 0.314 e. The molecule has 67 valence electrons. The normalized spacial score (nSPS) is 21.8. The first-order valence-electron chi connectivity index (χ1n) is 4.08. The maximum absolute atomic E-state index is 10.9. The minimum atomic E-state index is -0.646. The summed E-state index contributed by atoms with van der Waals surface area (Å²) in [5.74, 6) is -0.119. The SMILES string of the molecule is CC(=O)C([C]=O)N1CCNCC1. The Bertz CT molecular complexity index is 176. The van der Waals surface area contributed by atoms with Gasteiger partial charge < -0.3 is 5.32 Å². The van der Waals surface area contributed by atoms with E-state index < -0.39 is 6.04 Å². The molecule has 0 spiro atoms. The van der Waals surface area contributed by atoms with E-state index in [0.29, 0.717) is 0 Å². The minimum Gasteiger partial charge on any atom is -0.314 e. The van der Waals surface area contributed by atoms with Crippen LogP contribution in [0.5, 0.6) is 0 Å². The second-order valence-corrected chi connectivity index (χ2v) is 2.92. The van der Waals surface area contributed by atoms with Crippen molar-refractivity contribution in [1.29, 1.82) is 0 Å². The van der Waals surface area contributed by atoms with Crippen LogP contribution in [0, 0.1) is 0 Å². The smallest absolute Gasteiger partial charge is 0.225 e. The van der Waals surface area contributed by atoms with Crippen molar-refractivity contribution >= 4 is 12.1 Å². The lowest BCUT2D eigenvalue weighted by Crippen LogP contribution is -2.51. The Kier molecular flexibility index (Phi) is 3.37. The van der Waals surface area contributed by atoms with Crippen LogP contribution in [0.4, 0.5) is 0 Å². The van der Waals surface area contributed by atoms with Crippen LogP contribution in [0.3, 0.4) is 0 Å². The van der Waals surface area contributed by atoms with Gasteiger partial charge in [-0.25, -0.2) is 0 Å². The Balaban J connectivity index is 2.51. The summed E-state index contributed by atoms with van der Waals surface area (Å²) in [7, 11) is 0. The fraction of sp³-hybridized carbons (Fsp3) is 0.750. The van der Waals surface area contributed by atoms with Crippen molar-refractivity contribution < 1.29 is 9.59 Å². The van der Waals surface area contributed by atoms with Gasteiger partial charge in [-0.05, 0) is 6.92 Å². The molecule has 0 amide bonds. The highest BCUT2D eigenvalue weighted by atomic mass is 16.1. The second-order valence-electron chi connectivity index (χ2n) is 2.92. The highest BCUT2D eigenvalue weighted by Gasteiger charge is 2.23. The van der Waals surface area contributed by atoms with Crippen LogP contribution in [0.15, 0.2) is 0 Å². The van der Waals surface area contributed by atoms with Crippen molar-refractivity contribution in [2.45, 2.75) is 13.0 Å². The number of nitrogens with one attached hydrogen (secondary N) is 1. The second kappa shape index (κ2) is 4.33. The topological polar surface area (TPSA) is 49.4 Å². The Hall–Kier alpha value is -0.740. The first-order valence-corrected chi connectivity index (χ1v) is 4.08. The number of piperazine rings is 1. The molecule has 12 heavy (non-hydrogen) atoms. The van der Waals surface area contributed by atoms with Crippen molar-refractivity contribution in [2.24, 2.45) is 0 Å². The molecule has 0 aliphatic carbocycles. The number of ketones is 1. The summed E-state index contributed by atoms with van der Waals surface area (Å²) in [5.41, 5.74) is 0. The number of rotatable bonds is 3. The molecule has 4 heteroatoms. The molecule has 0 aromatic heterocycles. The van der Waals surface area contributed by atoms with Gasteiger partial charge in [0.1, 0.15) is 6.04 Å². The standard InChI is InChI=1S/C8H13N2O2/c1-7(12)8(6-11)10-4-2-9-3-5-10/h8-9H,2-5H2,1H3. The summed E-state index contributed by atoms with van der Waals surface area (Å²) in [6.07, 6.45) is 1.77. The molecule has 0 bridgehead atoms. The minimum absolute atomic E-state index is 0.119. The first-order chi connectivity index (χ1) is 5.75. The van der Waals surface area contributed by atoms with Gasteiger partial charge in [0.25, 0.3) is 0 Å². The average molecular weight is 169 g/mol. The Labute approximate surface area is 71.9 Å². The zero-order valence-electron chi connectivity index (χ0n) is 7.17. The molecule has 0 aromatic rings. The summed E-state index contributed by atoms with van der Waals surface area (Å²) in [6, 6.07) is -0.646. The fourth-order valence-electron chi connectivity index (χ4n) is 1.35. The van der Waals surface area contributed by atoms with Crippen molar-refractivity contribution in [3.63, 3.8) is 0 Å². The molecule has 1 N–H and O–H groups in total. The monoisotopic (exact) mass is 169 g/mol. The van der Waals surface area contributed by atoms with Crippen LogP contribution >= 0.6 is 0 Å². The van der Waals surface area contributed by atoms with Crippen molar-refractivity contribution in [3.8, 4) is 0 Å². The number of hydrogen-bond acceptors (Lipinski definition) is 4. The van der Waals surface area contributed by atoms with Gasteiger partial charge in [0.2, 0.25) is 6.29 Å². The van der Waals surface area contributed by atoms with Crippen LogP contribution < -0.4 is 5.32 Å². The van der Waals surface area contributed by atoms with Gasteiger partial charge in [-0.15, -0.1) is 0 Å². The van der Waals surface area contributed by atoms with Crippen molar-refractivity contribution in [2.75, 3.05) is 26.2 Å². The molecule has 1 aliphatic heterocycles. The molecule has 1 fully saturated rings. The number of Topliss-reactive ketones (excluding diaryl/α,β-unsaturated/α-hetero) is 1. The van der Waals surface area contributed by atoms with Gasteiger partial charge in [-0.2, -0.15) is 0 Å². The summed E-state index contributed by atoms with van der Waals surface area (Å²) in [4.78, 5) is 23.2. The zero-order valence-corrected chi connectivity index (χ0v) is 7.17. The van der Waals surface area contributed by atoms with Gasteiger partial charge in [0.05, 0.1) is 0 Å². The number of carbonyl (C=O) groups is 1. The number of hydrogen-bond donors (Lipinski definition) is 1. The Morgan fingerprint density at radius 1 is 1.50 bits per heavy atom. The van der Waals surface area contributed by atoms with Crippen LogP contribution in [-0.2, 0) is 9.59 Å². The van der Waals surface area contributed by atoms with E-state index in [1.165, 1.54) is 6.92 Å². The molecule has 1 aliphatic rings. The van der Waals surface area contributed by atoms with Crippen LogP contribution in [0.1, 0.15) is 6.92 Å². The lowest BCUT2D eigenvalue weighted by atomic mass is 10.2. The lowest BCUT2D eigenvalue weighted by Gasteiger charge is -2.29.